The van der Waals surface area contributed by atoms with Crippen molar-refractivity contribution in [2.75, 3.05) is 0 Å². The van der Waals surface area contributed by atoms with Gasteiger partial charge < -0.3 is 4.57 Å². The Labute approximate surface area is 108 Å². The van der Waals surface area contributed by atoms with Crippen molar-refractivity contribution in [3.05, 3.63) is 48.7 Å². The summed E-state index contributed by atoms with van der Waals surface area (Å²) in [5, 5.41) is 1.05. The van der Waals surface area contributed by atoms with E-state index >= 15 is 0 Å². The Morgan fingerprint density at radius 3 is 2.78 bits per heavy atom. The molecular formula is C16H19NO. The molecule has 0 atom stereocenters. The number of aryl methyl sites for hydroxylation is 1. The average Bonchev–Trinajstić information content (AvgIpc) is 2.77. The van der Waals surface area contributed by atoms with E-state index in [0.717, 1.165) is 42.1 Å². The van der Waals surface area contributed by atoms with Crippen molar-refractivity contribution >= 4 is 17.2 Å². The Hall–Kier alpha value is -1.83. The lowest BCUT2D eigenvalue weighted by Gasteiger charge is -2.04. The molecule has 0 N–H and O–H groups in total. The molecule has 0 aliphatic heterocycles. The van der Waals surface area contributed by atoms with Gasteiger partial charge in [-0.1, -0.05) is 30.7 Å². The van der Waals surface area contributed by atoms with Crippen LogP contribution in [0.1, 0.15) is 36.0 Å². The number of carbonyl (C=O) groups is 1. The normalized spacial score (nSPS) is 10.7. The lowest BCUT2D eigenvalue weighted by molar-refractivity contribution is 0.112. The summed E-state index contributed by atoms with van der Waals surface area (Å²) in [4.78, 5) is 11.0. The predicted molar refractivity (Wildman–Crippen MR) is 76.0 cm³/mol. The largest absolute Gasteiger partial charge is 0.347 e. The van der Waals surface area contributed by atoms with Gasteiger partial charge >= 0.3 is 0 Å². The summed E-state index contributed by atoms with van der Waals surface area (Å²) in [6.45, 7) is 4.71. The lowest BCUT2D eigenvalue weighted by atomic mass is 10.2. The van der Waals surface area contributed by atoms with Gasteiger partial charge in [0, 0.05) is 29.2 Å². The Morgan fingerprint density at radius 1 is 1.17 bits per heavy atom. The van der Waals surface area contributed by atoms with Crippen LogP contribution in [0.15, 0.2) is 43.1 Å². The van der Waals surface area contributed by atoms with Crippen molar-refractivity contribution in [2.45, 2.75) is 32.2 Å². The number of hydrogen-bond acceptors (Lipinski definition) is 1. The molecule has 1 heterocycles. The molecule has 0 unspecified atom stereocenters. The maximum Gasteiger partial charge on any atom is 0.152 e. The summed E-state index contributed by atoms with van der Waals surface area (Å²) < 4.78 is 2.19. The topological polar surface area (TPSA) is 22.0 Å². The summed E-state index contributed by atoms with van der Waals surface area (Å²) in [7, 11) is 0. The molecule has 1 aromatic carbocycles. The molecular weight excluding hydrogens is 222 g/mol. The SMILES string of the molecule is C=CCCCCCn1cc(C=O)c2ccccc21. The first kappa shape index (κ1) is 12.6. The summed E-state index contributed by atoms with van der Waals surface area (Å²) in [6, 6.07) is 8.08. The quantitative estimate of drug-likeness (QED) is 0.404. The molecule has 0 saturated carbocycles. The third-order valence-electron chi connectivity index (χ3n) is 3.25. The molecule has 94 valence electrons. The zero-order valence-electron chi connectivity index (χ0n) is 10.6. The Bertz CT molecular complexity index is 539. The zero-order valence-corrected chi connectivity index (χ0v) is 10.6. The minimum atomic E-state index is 0.789. The highest BCUT2D eigenvalue weighted by atomic mass is 16.1. The first-order chi connectivity index (χ1) is 8.86. The molecule has 1 aromatic heterocycles. The van der Waals surface area contributed by atoms with Gasteiger partial charge in [0.05, 0.1) is 0 Å². The monoisotopic (exact) mass is 241 g/mol. The summed E-state index contributed by atoms with van der Waals surface area (Å²) in [6.07, 6.45) is 9.51. The molecule has 0 amide bonds. The highest BCUT2D eigenvalue weighted by Crippen LogP contribution is 2.20. The van der Waals surface area contributed by atoms with Crippen LogP contribution in [-0.4, -0.2) is 10.9 Å². The molecule has 0 saturated heterocycles. The fraction of sp³-hybridized carbons (Fsp3) is 0.312. The average molecular weight is 241 g/mol. The van der Waals surface area contributed by atoms with Crippen LogP contribution < -0.4 is 0 Å². The second-order valence-corrected chi connectivity index (χ2v) is 4.55. The summed E-state index contributed by atoms with van der Waals surface area (Å²) in [5.74, 6) is 0. The van der Waals surface area contributed by atoms with Crippen molar-refractivity contribution in [1.82, 2.24) is 4.57 Å². The van der Waals surface area contributed by atoms with Crippen LogP contribution in [-0.2, 0) is 6.54 Å². The minimum absolute atomic E-state index is 0.789. The van der Waals surface area contributed by atoms with E-state index in [-0.39, 0.29) is 0 Å². The molecule has 0 aliphatic rings. The van der Waals surface area contributed by atoms with Gasteiger partial charge in [-0.3, -0.25) is 4.79 Å². The van der Waals surface area contributed by atoms with Crippen LogP contribution in [0.4, 0.5) is 0 Å². The summed E-state index contributed by atoms with van der Waals surface area (Å²) in [5.41, 5.74) is 1.94. The highest BCUT2D eigenvalue weighted by molar-refractivity contribution is 5.97. The maximum absolute atomic E-state index is 11.0. The molecule has 2 heteroatoms. The van der Waals surface area contributed by atoms with Crippen LogP contribution in [0.5, 0.6) is 0 Å². The van der Waals surface area contributed by atoms with Crippen LogP contribution in [0.25, 0.3) is 10.9 Å². The van der Waals surface area contributed by atoms with E-state index in [1.165, 1.54) is 12.8 Å². The minimum Gasteiger partial charge on any atom is -0.347 e. The highest BCUT2D eigenvalue weighted by Gasteiger charge is 2.06. The van der Waals surface area contributed by atoms with Crippen molar-refractivity contribution in [2.24, 2.45) is 0 Å². The number of fused-ring (bicyclic) bond motifs is 1. The van der Waals surface area contributed by atoms with Crippen molar-refractivity contribution in [3.63, 3.8) is 0 Å². The van der Waals surface area contributed by atoms with Gasteiger partial charge in [-0.15, -0.1) is 6.58 Å². The third-order valence-corrected chi connectivity index (χ3v) is 3.25. The predicted octanol–water partition coefficient (Wildman–Crippen LogP) is 4.20. The first-order valence-corrected chi connectivity index (χ1v) is 6.50. The number of carbonyl (C=O) groups excluding carboxylic acids is 1. The zero-order chi connectivity index (χ0) is 12.8. The van der Waals surface area contributed by atoms with Crippen molar-refractivity contribution in [3.8, 4) is 0 Å². The van der Waals surface area contributed by atoms with Gasteiger partial charge in [0.25, 0.3) is 0 Å². The number of rotatable bonds is 7. The Morgan fingerprint density at radius 2 is 2.00 bits per heavy atom. The number of hydrogen-bond donors (Lipinski definition) is 0. The number of para-hydroxylation sites is 1. The molecule has 0 aliphatic carbocycles. The maximum atomic E-state index is 11.0. The van der Waals surface area contributed by atoms with E-state index in [1.54, 1.807) is 0 Å². The van der Waals surface area contributed by atoms with E-state index in [9.17, 15) is 4.79 Å². The Kier molecular flexibility index (Phi) is 4.35. The number of nitrogens with zero attached hydrogens (tertiary/aromatic N) is 1. The molecule has 0 radical (unpaired) electrons. The third kappa shape index (κ3) is 2.70. The van der Waals surface area contributed by atoms with Gasteiger partial charge in [0.2, 0.25) is 0 Å². The van der Waals surface area contributed by atoms with Crippen LogP contribution in [0.3, 0.4) is 0 Å². The fourth-order valence-electron chi connectivity index (χ4n) is 2.30. The molecule has 0 spiro atoms. The molecule has 2 aromatic rings. The number of allylic oxidation sites excluding steroid dienone is 1. The van der Waals surface area contributed by atoms with E-state index in [2.05, 4.69) is 17.2 Å². The number of aromatic nitrogens is 1. The van der Waals surface area contributed by atoms with Gasteiger partial charge in [-0.2, -0.15) is 0 Å². The van der Waals surface area contributed by atoms with Crippen LogP contribution >= 0.6 is 0 Å². The van der Waals surface area contributed by atoms with E-state index in [0.29, 0.717) is 0 Å². The smallest absolute Gasteiger partial charge is 0.152 e. The number of aldehydes is 1. The molecule has 0 fully saturated rings. The number of benzene rings is 1. The number of unbranched alkanes of at least 4 members (excludes halogenated alkanes) is 3. The van der Waals surface area contributed by atoms with Crippen molar-refractivity contribution in [1.29, 1.82) is 0 Å². The van der Waals surface area contributed by atoms with Crippen LogP contribution in [0, 0.1) is 0 Å². The molecule has 2 rings (SSSR count). The van der Waals surface area contributed by atoms with Crippen LogP contribution in [0.2, 0.25) is 0 Å². The van der Waals surface area contributed by atoms with Gasteiger partial charge in [0.15, 0.2) is 6.29 Å². The van der Waals surface area contributed by atoms with Gasteiger partial charge in [-0.25, -0.2) is 0 Å². The van der Waals surface area contributed by atoms with Gasteiger partial charge in [-0.05, 0) is 25.3 Å². The molecule has 18 heavy (non-hydrogen) atoms. The van der Waals surface area contributed by atoms with Crippen molar-refractivity contribution < 1.29 is 4.79 Å². The summed E-state index contributed by atoms with van der Waals surface area (Å²) >= 11 is 0. The van der Waals surface area contributed by atoms with Gasteiger partial charge in [0.1, 0.15) is 0 Å². The second-order valence-electron chi connectivity index (χ2n) is 4.55. The molecule has 0 bridgehead atoms. The van der Waals surface area contributed by atoms with E-state index in [1.807, 2.05) is 30.5 Å². The van der Waals surface area contributed by atoms with E-state index < -0.39 is 0 Å². The standard InChI is InChI=1S/C16H19NO/c1-2-3-4-5-8-11-17-12-14(13-18)15-9-6-7-10-16(15)17/h2,6-7,9-10,12-13H,1,3-5,8,11H2. The molecule has 2 nitrogen and oxygen atoms in total. The fourth-order valence-corrected chi connectivity index (χ4v) is 2.30. The first-order valence-electron chi connectivity index (χ1n) is 6.50. The van der Waals surface area contributed by atoms with E-state index in [4.69, 9.17) is 0 Å². The second kappa shape index (κ2) is 6.20. The Balaban J connectivity index is 2.08. The lowest BCUT2D eigenvalue weighted by Crippen LogP contribution is -1.95.